The van der Waals surface area contributed by atoms with Crippen LogP contribution in [0.5, 0.6) is 0 Å². The molecule has 0 fully saturated rings. The molecule has 0 bridgehead atoms. The fourth-order valence-electron chi connectivity index (χ4n) is 6.06. The number of rotatable bonds is 8. The Hall–Kier alpha value is -4.52. The molecule has 1 heterocycles. The van der Waals surface area contributed by atoms with E-state index in [-0.39, 0.29) is 71.9 Å². The van der Waals surface area contributed by atoms with Crippen LogP contribution < -0.4 is 0 Å². The molecule has 0 radical (unpaired) electrons. The fraction of sp³-hybridized carbons (Fsp3) is 0.273. The van der Waals surface area contributed by atoms with Crippen molar-refractivity contribution in [3.05, 3.63) is 168 Å². The molecule has 0 aliphatic carbocycles. The summed E-state index contributed by atoms with van der Waals surface area (Å²) in [4.78, 5) is 0.297. The van der Waals surface area contributed by atoms with E-state index in [0.717, 1.165) is 22.3 Å². The minimum atomic E-state index is -4.04. The lowest BCUT2D eigenvalue weighted by molar-refractivity contribution is 0.458. The lowest BCUT2D eigenvalue weighted by atomic mass is 10.2. The predicted molar refractivity (Wildman–Crippen MR) is 236 cm³/mol. The van der Waals surface area contributed by atoms with Gasteiger partial charge in [0.05, 0.1) is 19.6 Å². The van der Waals surface area contributed by atoms with Gasteiger partial charge in [0.1, 0.15) is 0 Å². The zero-order chi connectivity index (χ0) is 43.6. The molecule has 1 aliphatic heterocycles. The highest BCUT2D eigenvalue weighted by atomic mass is 32.2. The third kappa shape index (κ3) is 11.9. The van der Waals surface area contributed by atoms with E-state index in [1.165, 1.54) is 65.8 Å². The highest BCUT2D eigenvalue weighted by Gasteiger charge is 2.27. The number of hydrogen-bond acceptors (Lipinski definition) is 8. The summed E-state index contributed by atoms with van der Waals surface area (Å²) < 4.78 is 116. The Bertz CT molecular complexity index is 2240. The number of nitrogens with zero attached hydrogens (tertiary/aromatic N) is 4. The second-order valence-corrected chi connectivity index (χ2v) is 22.2. The first-order chi connectivity index (χ1) is 28.4. The van der Waals surface area contributed by atoms with Gasteiger partial charge in [0.25, 0.3) is 0 Å². The Kier molecular flexibility index (Phi) is 15.8. The van der Waals surface area contributed by atoms with E-state index < -0.39 is 40.1 Å². The molecule has 0 unspecified atom stereocenters. The summed E-state index contributed by atoms with van der Waals surface area (Å²) in [5.41, 5.74) is 3.53. The van der Waals surface area contributed by atoms with Gasteiger partial charge in [-0.05, 0) is 76.2 Å². The molecule has 320 valence electrons. The minimum absolute atomic E-state index is 0.0743. The summed E-state index contributed by atoms with van der Waals surface area (Å²) in [6.07, 6.45) is 12.6. The molecular formula is C44H52N4O8S4. The van der Waals surface area contributed by atoms with E-state index >= 15 is 0 Å². The van der Waals surface area contributed by atoms with E-state index in [1.54, 1.807) is 97.1 Å². The highest BCUT2D eigenvalue weighted by Crippen LogP contribution is 2.21. The number of hydrogen-bond donors (Lipinski definition) is 0. The van der Waals surface area contributed by atoms with Crippen molar-refractivity contribution in [2.24, 2.45) is 0 Å². The number of aryl methyl sites for hydroxylation is 4. The van der Waals surface area contributed by atoms with Crippen LogP contribution in [0.2, 0.25) is 0 Å². The number of benzene rings is 4. The summed E-state index contributed by atoms with van der Waals surface area (Å²) in [6.45, 7) is 6.47. The lowest BCUT2D eigenvalue weighted by Gasteiger charge is -2.22. The average Bonchev–Trinajstić information content (AvgIpc) is 3.20. The van der Waals surface area contributed by atoms with E-state index in [4.69, 9.17) is 0 Å². The molecule has 12 nitrogen and oxygen atoms in total. The van der Waals surface area contributed by atoms with Crippen molar-refractivity contribution in [3.63, 3.8) is 0 Å². The van der Waals surface area contributed by atoms with Gasteiger partial charge in [0.15, 0.2) is 0 Å². The molecule has 4 aromatic rings. The normalized spacial score (nSPS) is 18.2. The molecule has 0 saturated heterocycles. The SMILES string of the molecule is Cc1ccc(S(=O)(=O)N2CC=CCN(S(=O)(=O)c3ccc(C)cc3)C/C=C/CN(S(=O)(=O)c3ccc(C)cc3)CC=CCN(S(=O)(=O)c3ccc(C)cc3)C/C=C/C2)cc1. The largest absolute Gasteiger partial charge is 0.243 e. The molecule has 4 aromatic carbocycles. The molecule has 1 aliphatic rings. The van der Waals surface area contributed by atoms with Crippen molar-refractivity contribution in [2.75, 3.05) is 52.4 Å². The molecule has 0 spiro atoms. The third-order valence-corrected chi connectivity index (χ3v) is 17.2. The van der Waals surface area contributed by atoms with Gasteiger partial charge >= 0.3 is 0 Å². The van der Waals surface area contributed by atoms with Crippen molar-refractivity contribution >= 4 is 40.1 Å². The highest BCUT2D eigenvalue weighted by molar-refractivity contribution is 7.90. The van der Waals surface area contributed by atoms with Crippen LogP contribution in [0.3, 0.4) is 0 Å². The standard InChI is InChI=1S/C44H52N4O8S4/c1-37-13-21-41(22-14-37)57(49,50)45-29-5-7-31-46(58(51,52)42-23-15-38(2)16-24-42)33-9-11-35-48(60(55,56)44-27-19-40(4)20-28-44)36-12-10-34-47(32-8-6-30-45)59(53,54)43-25-17-39(3)18-26-43/h5-28H,29-36H2,1-4H3/b7-5+,8-6?,11-9?,12-10+. The molecule has 0 N–H and O–H groups in total. The van der Waals surface area contributed by atoms with Gasteiger partial charge in [-0.15, -0.1) is 0 Å². The molecule has 0 amide bonds. The van der Waals surface area contributed by atoms with Gasteiger partial charge in [-0.25, -0.2) is 33.7 Å². The van der Waals surface area contributed by atoms with Crippen molar-refractivity contribution in [3.8, 4) is 0 Å². The van der Waals surface area contributed by atoms with Crippen LogP contribution in [0, 0.1) is 27.7 Å². The molecule has 60 heavy (non-hydrogen) atoms. The first kappa shape index (κ1) is 46.5. The van der Waals surface area contributed by atoms with E-state index in [1.807, 2.05) is 27.7 Å². The summed E-state index contributed by atoms with van der Waals surface area (Å²) in [6, 6.07) is 25.8. The Balaban J connectivity index is 1.54. The summed E-state index contributed by atoms with van der Waals surface area (Å²) in [7, 11) is -16.2. The van der Waals surface area contributed by atoms with Crippen LogP contribution in [-0.2, 0) is 40.1 Å². The van der Waals surface area contributed by atoms with Crippen molar-refractivity contribution in [1.29, 1.82) is 0 Å². The molecule has 0 atom stereocenters. The van der Waals surface area contributed by atoms with Crippen LogP contribution in [0.25, 0.3) is 0 Å². The zero-order valence-corrected chi connectivity index (χ0v) is 37.5. The van der Waals surface area contributed by atoms with Crippen LogP contribution in [0.1, 0.15) is 22.3 Å². The first-order valence-electron chi connectivity index (χ1n) is 19.3. The Morgan fingerprint density at radius 2 is 0.400 bits per heavy atom. The van der Waals surface area contributed by atoms with Gasteiger partial charge in [-0.1, -0.05) is 119 Å². The Morgan fingerprint density at radius 3 is 0.533 bits per heavy atom. The Labute approximate surface area is 356 Å². The monoisotopic (exact) mass is 892 g/mol. The topological polar surface area (TPSA) is 150 Å². The molecular weight excluding hydrogens is 841 g/mol. The second kappa shape index (κ2) is 20.4. The van der Waals surface area contributed by atoms with Crippen LogP contribution >= 0.6 is 0 Å². The quantitative estimate of drug-likeness (QED) is 0.189. The first-order valence-corrected chi connectivity index (χ1v) is 25.1. The van der Waals surface area contributed by atoms with Crippen molar-refractivity contribution < 1.29 is 33.7 Å². The van der Waals surface area contributed by atoms with Crippen LogP contribution in [0.15, 0.2) is 165 Å². The maximum Gasteiger partial charge on any atom is 0.243 e. The van der Waals surface area contributed by atoms with Gasteiger partial charge < -0.3 is 0 Å². The zero-order valence-electron chi connectivity index (χ0n) is 34.2. The maximum absolute atomic E-state index is 13.9. The van der Waals surface area contributed by atoms with Crippen LogP contribution in [0.4, 0.5) is 0 Å². The smallest absolute Gasteiger partial charge is 0.207 e. The van der Waals surface area contributed by atoms with Crippen molar-refractivity contribution in [1.82, 2.24) is 17.2 Å². The molecule has 0 saturated carbocycles. The molecule has 16 heteroatoms. The summed E-state index contributed by atoms with van der Waals surface area (Å²) in [5.74, 6) is 0. The molecule has 5 rings (SSSR count). The molecule has 0 aromatic heterocycles. The predicted octanol–water partition coefficient (Wildman–Crippen LogP) is 6.22. The van der Waals surface area contributed by atoms with Crippen LogP contribution in [-0.4, -0.2) is 103 Å². The second-order valence-electron chi connectivity index (χ2n) is 14.4. The third-order valence-electron chi connectivity index (χ3n) is 9.77. The van der Waals surface area contributed by atoms with Gasteiger partial charge in [-0.3, -0.25) is 0 Å². The average molecular weight is 893 g/mol. The van der Waals surface area contributed by atoms with Gasteiger partial charge in [0.2, 0.25) is 40.1 Å². The van der Waals surface area contributed by atoms with Gasteiger partial charge in [-0.2, -0.15) is 17.2 Å². The van der Waals surface area contributed by atoms with Crippen molar-refractivity contribution in [2.45, 2.75) is 47.3 Å². The van der Waals surface area contributed by atoms with E-state index in [0.29, 0.717) is 0 Å². The fourth-order valence-corrected chi connectivity index (χ4v) is 11.4. The summed E-state index contributed by atoms with van der Waals surface area (Å²) in [5, 5.41) is 0. The maximum atomic E-state index is 13.9. The summed E-state index contributed by atoms with van der Waals surface area (Å²) >= 11 is 0. The van der Waals surface area contributed by atoms with E-state index in [2.05, 4.69) is 0 Å². The lowest BCUT2D eigenvalue weighted by Crippen LogP contribution is -2.34. The van der Waals surface area contributed by atoms with Gasteiger partial charge in [0, 0.05) is 52.4 Å². The van der Waals surface area contributed by atoms with E-state index in [9.17, 15) is 33.7 Å². The Morgan fingerprint density at radius 1 is 0.267 bits per heavy atom. The number of sulfonamides is 4. The minimum Gasteiger partial charge on any atom is -0.207 e.